The number of hydrazine groups is 1. The molecule has 2 unspecified atom stereocenters. The Balaban J connectivity index is 2.20. The van der Waals surface area contributed by atoms with Crippen molar-refractivity contribution < 1.29 is 9.59 Å². The molecule has 148 valence electrons. The summed E-state index contributed by atoms with van der Waals surface area (Å²) >= 11 is 0. The summed E-state index contributed by atoms with van der Waals surface area (Å²) in [6.45, 7) is 8.17. The minimum Gasteiger partial charge on any atom is -0.401 e. The van der Waals surface area contributed by atoms with Gasteiger partial charge in [-0.2, -0.15) is 0 Å². The molecule has 0 spiro atoms. The highest BCUT2D eigenvalue weighted by atomic mass is 16.2. The zero-order valence-electron chi connectivity index (χ0n) is 16.8. The van der Waals surface area contributed by atoms with Gasteiger partial charge in [0.1, 0.15) is 6.04 Å². The van der Waals surface area contributed by atoms with E-state index < -0.39 is 6.04 Å². The van der Waals surface area contributed by atoms with Gasteiger partial charge in [0.2, 0.25) is 5.91 Å². The maximum atomic E-state index is 13.3. The van der Waals surface area contributed by atoms with Gasteiger partial charge in [-0.3, -0.25) is 9.59 Å². The van der Waals surface area contributed by atoms with Crippen molar-refractivity contribution >= 4 is 11.7 Å². The monoisotopic (exact) mass is 364 g/mol. The van der Waals surface area contributed by atoms with E-state index >= 15 is 0 Å². The van der Waals surface area contributed by atoms with Crippen LogP contribution in [0.4, 0.5) is 0 Å². The molecule has 1 saturated heterocycles. The van der Waals surface area contributed by atoms with Crippen LogP contribution in [0.2, 0.25) is 0 Å². The van der Waals surface area contributed by atoms with Crippen molar-refractivity contribution in [3.05, 3.63) is 11.9 Å². The van der Waals surface area contributed by atoms with Crippen LogP contribution in [0.5, 0.6) is 0 Å². The van der Waals surface area contributed by atoms with E-state index in [1.807, 2.05) is 20.8 Å². The third-order valence-corrected chi connectivity index (χ3v) is 5.73. The molecule has 2 fully saturated rings. The number of likely N-dealkylation sites (tertiary alicyclic amines) is 1. The highest BCUT2D eigenvalue weighted by Gasteiger charge is 2.42. The first-order chi connectivity index (χ1) is 12.1. The van der Waals surface area contributed by atoms with Gasteiger partial charge in [0.05, 0.1) is 6.04 Å². The van der Waals surface area contributed by atoms with Crippen molar-refractivity contribution in [1.82, 2.24) is 9.91 Å². The maximum Gasteiger partial charge on any atom is 0.248 e. The zero-order valence-corrected chi connectivity index (χ0v) is 16.8. The summed E-state index contributed by atoms with van der Waals surface area (Å²) in [4.78, 5) is 26.9. The van der Waals surface area contributed by atoms with Gasteiger partial charge >= 0.3 is 0 Å². The molecule has 0 aromatic carbocycles. The van der Waals surface area contributed by atoms with Crippen molar-refractivity contribution in [2.45, 2.75) is 84.7 Å². The van der Waals surface area contributed by atoms with Crippen LogP contribution in [0.25, 0.3) is 0 Å². The lowest BCUT2D eigenvalue weighted by Crippen LogP contribution is -2.57. The summed E-state index contributed by atoms with van der Waals surface area (Å²) in [6, 6.07) is -0.870. The molecule has 1 aliphatic carbocycles. The second-order valence-corrected chi connectivity index (χ2v) is 8.98. The predicted molar refractivity (Wildman–Crippen MR) is 104 cm³/mol. The fraction of sp³-hybridized carbons (Fsp3) is 0.800. The van der Waals surface area contributed by atoms with E-state index in [0.717, 1.165) is 31.4 Å². The minimum atomic E-state index is -0.551. The molecule has 2 rings (SSSR count). The summed E-state index contributed by atoms with van der Waals surface area (Å²) in [5.74, 6) is 6.66. The van der Waals surface area contributed by atoms with Crippen LogP contribution in [-0.2, 0) is 9.59 Å². The van der Waals surface area contributed by atoms with Crippen LogP contribution in [0.15, 0.2) is 11.9 Å². The Bertz CT molecular complexity index is 547. The second kappa shape index (κ2) is 8.42. The van der Waals surface area contributed by atoms with Gasteiger partial charge in [-0.1, -0.05) is 40.0 Å². The molecule has 1 saturated carbocycles. The Morgan fingerprint density at radius 1 is 1.12 bits per heavy atom. The SMILES string of the molecule is CC(=O)C1CCCN1C(=O)C(N(N)/C=C(\N)C1CCCCC1)C(C)(C)C. The number of carbonyl (C=O) groups excluding carboxylic acids is 2. The summed E-state index contributed by atoms with van der Waals surface area (Å²) in [5.41, 5.74) is 6.71. The Kier molecular flexibility index (Phi) is 6.72. The third kappa shape index (κ3) is 4.78. The lowest BCUT2D eigenvalue weighted by molar-refractivity contribution is -0.144. The number of rotatable bonds is 5. The molecule has 4 N–H and O–H groups in total. The first kappa shape index (κ1) is 20.7. The molecule has 0 radical (unpaired) electrons. The fourth-order valence-corrected chi connectivity index (χ4v) is 4.34. The number of nitrogens with two attached hydrogens (primary N) is 2. The topological polar surface area (TPSA) is 92.7 Å². The van der Waals surface area contributed by atoms with Gasteiger partial charge in [-0.25, -0.2) is 5.84 Å². The van der Waals surface area contributed by atoms with E-state index in [2.05, 4.69) is 0 Å². The highest BCUT2D eigenvalue weighted by Crippen LogP contribution is 2.31. The first-order valence-corrected chi connectivity index (χ1v) is 9.94. The van der Waals surface area contributed by atoms with E-state index in [9.17, 15) is 9.59 Å². The summed E-state index contributed by atoms with van der Waals surface area (Å²) in [7, 11) is 0. The quantitative estimate of drug-likeness (QED) is 0.578. The van der Waals surface area contributed by atoms with Crippen molar-refractivity contribution in [3.63, 3.8) is 0 Å². The van der Waals surface area contributed by atoms with Gasteiger partial charge in [-0.05, 0) is 43.9 Å². The molecule has 0 aromatic rings. The first-order valence-electron chi connectivity index (χ1n) is 9.94. The molecule has 1 heterocycles. The van der Waals surface area contributed by atoms with E-state index in [-0.39, 0.29) is 23.1 Å². The normalized spacial score (nSPS) is 23.8. The van der Waals surface area contributed by atoms with Gasteiger partial charge in [0, 0.05) is 18.4 Å². The average Bonchev–Trinajstić information content (AvgIpc) is 3.04. The molecule has 26 heavy (non-hydrogen) atoms. The van der Waals surface area contributed by atoms with Crippen molar-refractivity contribution in [1.29, 1.82) is 0 Å². The van der Waals surface area contributed by atoms with Crippen LogP contribution < -0.4 is 11.6 Å². The summed E-state index contributed by atoms with van der Waals surface area (Å²) in [5, 5.41) is 1.49. The van der Waals surface area contributed by atoms with Crippen molar-refractivity contribution in [2.24, 2.45) is 22.9 Å². The molecular formula is C20H36N4O2. The van der Waals surface area contributed by atoms with E-state index in [1.165, 1.54) is 24.3 Å². The van der Waals surface area contributed by atoms with Crippen LogP contribution in [0, 0.1) is 11.3 Å². The number of allylic oxidation sites excluding steroid dienone is 1. The summed E-state index contributed by atoms with van der Waals surface area (Å²) < 4.78 is 0. The largest absolute Gasteiger partial charge is 0.401 e. The maximum absolute atomic E-state index is 13.3. The smallest absolute Gasteiger partial charge is 0.248 e. The lowest BCUT2D eigenvalue weighted by atomic mass is 9.84. The number of hydrogen-bond donors (Lipinski definition) is 2. The van der Waals surface area contributed by atoms with Crippen molar-refractivity contribution in [2.75, 3.05) is 6.54 Å². The van der Waals surface area contributed by atoms with Gasteiger partial charge < -0.3 is 15.6 Å². The predicted octanol–water partition coefficient (Wildman–Crippen LogP) is 2.54. The van der Waals surface area contributed by atoms with Crippen LogP contribution in [-0.4, -0.2) is 40.2 Å². The van der Waals surface area contributed by atoms with E-state index in [0.29, 0.717) is 12.5 Å². The molecule has 6 nitrogen and oxygen atoms in total. The molecule has 1 aliphatic heterocycles. The zero-order chi connectivity index (χ0) is 19.5. The number of nitrogens with zero attached hydrogens (tertiary/aromatic N) is 2. The van der Waals surface area contributed by atoms with Gasteiger partial charge in [0.25, 0.3) is 0 Å². The number of carbonyl (C=O) groups is 2. The molecule has 1 amide bonds. The van der Waals surface area contributed by atoms with Gasteiger partial charge in [-0.15, -0.1) is 0 Å². The summed E-state index contributed by atoms with van der Waals surface area (Å²) in [6.07, 6.45) is 9.17. The van der Waals surface area contributed by atoms with E-state index in [4.69, 9.17) is 11.6 Å². The Hall–Kier alpha value is -1.56. The lowest BCUT2D eigenvalue weighted by Gasteiger charge is -2.39. The van der Waals surface area contributed by atoms with Gasteiger partial charge in [0.15, 0.2) is 5.78 Å². The van der Waals surface area contributed by atoms with Crippen LogP contribution in [0.3, 0.4) is 0 Å². The molecule has 2 atom stereocenters. The Labute approximate surface area is 157 Å². The van der Waals surface area contributed by atoms with Crippen LogP contribution in [0.1, 0.15) is 72.6 Å². The van der Waals surface area contributed by atoms with E-state index in [1.54, 1.807) is 18.0 Å². The molecule has 2 aliphatic rings. The minimum absolute atomic E-state index is 0.0457. The number of Topliss-reactive ketones (excluding diaryl/α,β-unsaturated/α-hetero) is 1. The Morgan fingerprint density at radius 3 is 2.27 bits per heavy atom. The number of hydrogen-bond acceptors (Lipinski definition) is 5. The molecule has 0 bridgehead atoms. The molecule has 6 heteroatoms. The second-order valence-electron chi connectivity index (χ2n) is 8.98. The number of ketones is 1. The van der Waals surface area contributed by atoms with Crippen LogP contribution >= 0.6 is 0 Å². The Morgan fingerprint density at radius 2 is 1.73 bits per heavy atom. The van der Waals surface area contributed by atoms with Crippen molar-refractivity contribution in [3.8, 4) is 0 Å². The average molecular weight is 365 g/mol. The number of amides is 1. The highest BCUT2D eigenvalue weighted by molar-refractivity contribution is 5.90. The standard InChI is InChI=1S/C20H36N4O2/c1-14(25)17-11-8-12-23(17)19(26)18(20(2,3)4)24(22)13-16(21)15-9-6-5-7-10-15/h13,15,17-18H,5-12,21-22H2,1-4H3/b16-13-. The molecule has 0 aromatic heterocycles. The fourth-order valence-electron chi connectivity index (χ4n) is 4.34. The molecular weight excluding hydrogens is 328 g/mol. The third-order valence-electron chi connectivity index (χ3n) is 5.73.